The molecule has 4 aromatic carbocycles. The van der Waals surface area contributed by atoms with Gasteiger partial charge in [0, 0.05) is 7.05 Å². The average Bonchev–Trinajstić information content (AvgIpc) is 3.28. The lowest BCUT2D eigenvalue weighted by Crippen LogP contribution is -2.31. The van der Waals surface area contributed by atoms with Crippen LogP contribution in [0.2, 0.25) is 0 Å². The van der Waals surface area contributed by atoms with E-state index in [1.54, 1.807) is 0 Å². The highest BCUT2D eigenvalue weighted by atomic mass is 15.1. The van der Waals surface area contributed by atoms with E-state index in [9.17, 15) is 0 Å². The van der Waals surface area contributed by atoms with Gasteiger partial charge < -0.3 is 4.57 Å². The first-order valence-corrected chi connectivity index (χ1v) is 9.98. The number of hydrogen-bond acceptors (Lipinski definition) is 1. The third-order valence-corrected chi connectivity index (χ3v) is 6.28. The van der Waals surface area contributed by atoms with Crippen molar-refractivity contribution in [1.82, 2.24) is 9.55 Å². The van der Waals surface area contributed by atoms with Crippen LogP contribution in [0.15, 0.2) is 103 Å². The molecule has 0 amide bonds. The fourth-order valence-corrected chi connectivity index (χ4v) is 5.09. The molecule has 0 atom stereocenters. The summed E-state index contributed by atoms with van der Waals surface area (Å²) in [6, 6.07) is 36.8. The fourth-order valence-electron chi connectivity index (χ4n) is 5.09. The normalized spacial score (nSPS) is 14.0. The molecule has 0 bridgehead atoms. The summed E-state index contributed by atoms with van der Waals surface area (Å²) in [7, 11) is 2.14. The second-order valence-electron chi connectivity index (χ2n) is 7.69. The van der Waals surface area contributed by atoms with Crippen LogP contribution in [-0.2, 0) is 12.5 Å². The number of aromatic nitrogens is 2. The molecule has 0 saturated heterocycles. The van der Waals surface area contributed by atoms with E-state index >= 15 is 0 Å². The van der Waals surface area contributed by atoms with Crippen LogP contribution in [0.3, 0.4) is 0 Å². The van der Waals surface area contributed by atoms with Crippen molar-refractivity contribution in [1.29, 1.82) is 0 Å². The molecule has 2 nitrogen and oxygen atoms in total. The maximum absolute atomic E-state index is 5.20. The largest absolute Gasteiger partial charge is 0.330 e. The van der Waals surface area contributed by atoms with Gasteiger partial charge in [0.05, 0.1) is 11.0 Å². The summed E-state index contributed by atoms with van der Waals surface area (Å²) in [5, 5.41) is 0. The van der Waals surface area contributed by atoms with Crippen molar-refractivity contribution >= 4 is 11.0 Å². The summed E-state index contributed by atoms with van der Waals surface area (Å²) in [6.45, 7) is 0. The molecule has 1 aliphatic carbocycles. The number of imidazole rings is 1. The fraction of sp³-hybridized carbons (Fsp3) is 0.0741. The van der Waals surface area contributed by atoms with Gasteiger partial charge in [-0.1, -0.05) is 91.0 Å². The molecular weight excluding hydrogens is 352 g/mol. The quantitative estimate of drug-likeness (QED) is 0.368. The Balaban J connectivity index is 1.84. The van der Waals surface area contributed by atoms with Crippen LogP contribution in [0.4, 0.5) is 0 Å². The van der Waals surface area contributed by atoms with Crippen molar-refractivity contribution < 1.29 is 0 Å². The van der Waals surface area contributed by atoms with Gasteiger partial charge in [0.15, 0.2) is 0 Å². The summed E-state index contributed by atoms with van der Waals surface area (Å²) < 4.78 is 2.27. The van der Waals surface area contributed by atoms with E-state index < -0.39 is 5.41 Å². The molecule has 6 rings (SSSR count). The van der Waals surface area contributed by atoms with Gasteiger partial charge in [-0.15, -0.1) is 0 Å². The van der Waals surface area contributed by atoms with Gasteiger partial charge in [-0.05, 0) is 39.9 Å². The Bertz CT molecular complexity index is 1320. The maximum Gasteiger partial charge on any atom is 0.129 e. The van der Waals surface area contributed by atoms with E-state index in [-0.39, 0.29) is 0 Å². The van der Waals surface area contributed by atoms with Crippen LogP contribution in [0, 0.1) is 0 Å². The molecule has 0 spiro atoms. The van der Waals surface area contributed by atoms with Crippen molar-refractivity contribution in [2.75, 3.05) is 0 Å². The number of rotatable bonds is 2. The highest BCUT2D eigenvalue weighted by Gasteiger charge is 2.48. The van der Waals surface area contributed by atoms with Gasteiger partial charge >= 0.3 is 0 Å². The first kappa shape index (κ1) is 16.3. The Morgan fingerprint density at radius 1 is 0.621 bits per heavy atom. The molecule has 0 aliphatic heterocycles. The third-order valence-electron chi connectivity index (χ3n) is 6.28. The number of para-hydroxylation sites is 2. The van der Waals surface area contributed by atoms with Gasteiger partial charge in [0.25, 0.3) is 0 Å². The van der Waals surface area contributed by atoms with Crippen LogP contribution in [-0.4, -0.2) is 9.55 Å². The molecule has 5 aromatic rings. The zero-order valence-corrected chi connectivity index (χ0v) is 16.2. The van der Waals surface area contributed by atoms with Crippen LogP contribution in [0.25, 0.3) is 22.2 Å². The van der Waals surface area contributed by atoms with Crippen molar-refractivity contribution in [2.24, 2.45) is 7.05 Å². The van der Waals surface area contributed by atoms with Crippen LogP contribution in [0.5, 0.6) is 0 Å². The molecule has 0 saturated carbocycles. The predicted molar refractivity (Wildman–Crippen MR) is 118 cm³/mol. The van der Waals surface area contributed by atoms with Crippen LogP contribution >= 0.6 is 0 Å². The van der Waals surface area contributed by atoms with E-state index in [2.05, 4.69) is 115 Å². The lowest BCUT2D eigenvalue weighted by molar-refractivity contribution is 0.660. The van der Waals surface area contributed by atoms with Gasteiger partial charge in [0.2, 0.25) is 0 Å². The van der Waals surface area contributed by atoms with Crippen molar-refractivity contribution in [3.8, 4) is 11.1 Å². The summed E-state index contributed by atoms with van der Waals surface area (Å²) in [5.41, 5.74) is 8.16. The number of fused-ring (bicyclic) bond motifs is 4. The lowest BCUT2D eigenvalue weighted by atomic mass is 9.71. The minimum Gasteiger partial charge on any atom is -0.330 e. The third kappa shape index (κ3) is 2.03. The smallest absolute Gasteiger partial charge is 0.129 e. The Morgan fingerprint density at radius 2 is 1.17 bits per heavy atom. The maximum atomic E-state index is 5.20. The van der Waals surface area contributed by atoms with E-state index in [0.29, 0.717) is 0 Å². The molecule has 138 valence electrons. The highest BCUT2D eigenvalue weighted by Crippen LogP contribution is 2.55. The molecule has 0 N–H and O–H groups in total. The zero-order chi connectivity index (χ0) is 19.4. The summed E-state index contributed by atoms with van der Waals surface area (Å²) in [5.74, 6) is 1.06. The zero-order valence-electron chi connectivity index (χ0n) is 16.2. The van der Waals surface area contributed by atoms with Gasteiger partial charge in [-0.2, -0.15) is 0 Å². The van der Waals surface area contributed by atoms with Gasteiger partial charge in [-0.25, -0.2) is 4.98 Å². The van der Waals surface area contributed by atoms with Crippen molar-refractivity contribution in [3.05, 3.63) is 126 Å². The number of hydrogen-bond donors (Lipinski definition) is 0. The van der Waals surface area contributed by atoms with Crippen molar-refractivity contribution in [3.63, 3.8) is 0 Å². The first-order chi connectivity index (χ1) is 14.3. The molecule has 0 fully saturated rings. The van der Waals surface area contributed by atoms with Crippen molar-refractivity contribution in [2.45, 2.75) is 5.41 Å². The topological polar surface area (TPSA) is 17.8 Å². The Kier molecular flexibility index (Phi) is 3.33. The Morgan fingerprint density at radius 3 is 1.83 bits per heavy atom. The molecule has 2 heteroatoms. The molecule has 1 aromatic heterocycles. The lowest BCUT2D eigenvalue weighted by Gasteiger charge is -2.32. The minimum absolute atomic E-state index is 0.442. The van der Waals surface area contributed by atoms with E-state index in [1.165, 1.54) is 27.8 Å². The minimum atomic E-state index is -0.442. The molecule has 1 aliphatic rings. The number of aryl methyl sites for hydroxylation is 1. The van der Waals surface area contributed by atoms with Crippen LogP contribution < -0.4 is 0 Å². The van der Waals surface area contributed by atoms with E-state index in [0.717, 1.165) is 16.9 Å². The van der Waals surface area contributed by atoms with Gasteiger partial charge in [-0.3, -0.25) is 0 Å². The highest BCUT2D eigenvalue weighted by molar-refractivity contribution is 5.87. The number of benzene rings is 4. The second kappa shape index (κ2) is 5.92. The first-order valence-electron chi connectivity index (χ1n) is 9.98. The standard InChI is InChI=1S/C27H20N2/c1-29-25-18-10-9-17-24(25)28-26(29)27(19-11-3-2-4-12-19)22-15-7-5-13-20(22)21-14-6-8-16-23(21)27/h2-18H,1H3. The molecular formula is C27H20N2. The molecule has 29 heavy (non-hydrogen) atoms. The Labute approximate surface area is 170 Å². The Hall–Kier alpha value is -3.65. The SMILES string of the molecule is Cn1c(C2(c3ccccc3)c3ccccc3-c3ccccc32)nc2ccccc21. The molecule has 0 radical (unpaired) electrons. The summed E-state index contributed by atoms with van der Waals surface area (Å²) >= 11 is 0. The number of nitrogens with zero attached hydrogens (tertiary/aromatic N) is 2. The van der Waals surface area contributed by atoms with Crippen LogP contribution in [0.1, 0.15) is 22.5 Å². The summed E-state index contributed by atoms with van der Waals surface area (Å²) in [4.78, 5) is 5.20. The van der Waals surface area contributed by atoms with Gasteiger partial charge in [0.1, 0.15) is 11.2 Å². The van der Waals surface area contributed by atoms with E-state index in [4.69, 9.17) is 4.98 Å². The predicted octanol–water partition coefficient (Wildman–Crippen LogP) is 5.94. The van der Waals surface area contributed by atoms with E-state index in [1.807, 2.05) is 0 Å². The average molecular weight is 372 g/mol. The molecule has 0 unspecified atom stereocenters. The monoisotopic (exact) mass is 372 g/mol. The molecule has 1 heterocycles. The summed E-state index contributed by atoms with van der Waals surface area (Å²) in [6.07, 6.45) is 0. The second-order valence-corrected chi connectivity index (χ2v) is 7.69.